The monoisotopic (exact) mass is 536 g/mol. The van der Waals surface area contributed by atoms with E-state index in [0.29, 0.717) is 11.6 Å². The number of carbonyl (C=O) groups excluding carboxylic acids is 1. The molecule has 5 nitrogen and oxygen atoms in total. The smallest absolute Gasteiger partial charge is 0.243 e. The first-order chi connectivity index (χ1) is 17.4. The summed E-state index contributed by atoms with van der Waals surface area (Å²) in [5.74, 6) is -0.178. The van der Waals surface area contributed by atoms with Crippen molar-refractivity contribution >= 4 is 49.6 Å². The second kappa shape index (κ2) is 9.30. The van der Waals surface area contributed by atoms with Crippen molar-refractivity contribution in [3.63, 3.8) is 0 Å². The lowest BCUT2D eigenvalue weighted by Gasteiger charge is -2.37. The molecule has 1 aliphatic heterocycles. The molecule has 8 heteroatoms. The number of hydrogen-bond donors (Lipinski definition) is 0. The third kappa shape index (κ3) is 4.34. The molecule has 184 valence electrons. The maximum absolute atomic E-state index is 13.8. The molecule has 2 aliphatic rings. The molecule has 6 rings (SSSR count). The fourth-order valence-corrected chi connectivity index (χ4v) is 7.75. The predicted octanol–water partition coefficient (Wildman–Crippen LogP) is 5.88. The first kappa shape index (κ1) is 23.7. The molecule has 0 saturated heterocycles. The van der Waals surface area contributed by atoms with Gasteiger partial charge < -0.3 is 4.90 Å². The molecule has 36 heavy (non-hydrogen) atoms. The Balaban J connectivity index is 1.32. The van der Waals surface area contributed by atoms with Crippen LogP contribution in [0.1, 0.15) is 34.9 Å². The molecular formula is C28H25ClN2O3S2. The van der Waals surface area contributed by atoms with Crippen LogP contribution in [0.15, 0.2) is 83.1 Å². The van der Waals surface area contributed by atoms with E-state index in [1.165, 1.54) is 9.18 Å². The number of halogens is 1. The molecule has 0 spiro atoms. The van der Waals surface area contributed by atoms with Crippen LogP contribution in [0, 0.1) is 0 Å². The number of carbonyl (C=O) groups is 1. The lowest BCUT2D eigenvalue weighted by molar-refractivity contribution is -0.133. The van der Waals surface area contributed by atoms with Gasteiger partial charge in [-0.15, -0.1) is 11.3 Å². The maximum Gasteiger partial charge on any atom is 0.243 e. The predicted molar refractivity (Wildman–Crippen MR) is 144 cm³/mol. The molecule has 3 aromatic carbocycles. The van der Waals surface area contributed by atoms with Crippen molar-refractivity contribution in [2.75, 3.05) is 13.1 Å². The number of rotatable bonds is 6. The number of nitrogens with zero attached hydrogens (tertiary/aromatic N) is 2. The van der Waals surface area contributed by atoms with Crippen LogP contribution in [0.5, 0.6) is 0 Å². The molecule has 0 N–H and O–H groups in total. The van der Waals surface area contributed by atoms with Crippen LogP contribution in [0.2, 0.25) is 5.02 Å². The topological polar surface area (TPSA) is 57.7 Å². The summed E-state index contributed by atoms with van der Waals surface area (Å²) in [5, 5.41) is 4.54. The van der Waals surface area contributed by atoms with Crippen molar-refractivity contribution in [3.8, 4) is 0 Å². The van der Waals surface area contributed by atoms with E-state index in [2.05, 4.69) is 11.4 Å². The number of hydrogen-bond acceptors (Lipinski definition) is 4. The second-order valence-corrected chi connectivity index (χ2v) is 12.7. The van der Waals surface area contributed by atoms with Crippen molar-refractivity contribution in [1.82, 2.24) is 9.21 Å². The molecule has 1 amide bonds. The Bertz CT molecular complexity index is 1540. The average molecular weight is 537 g/mol. The highest BCUT2D eigenvalue weighted by Crippen LogP contribution is 2.39. The van der Waals surface area contributed by atoms with E-state index < -0.39 is 10.0 Å². The zero-order valence-electron chi connectivity index (χ0n) is 19.5. The lowest BCUT2D eigenvalue weighted by Crippen LogP contribution is -2.47. The summed E-state index contributed by atoms with van der Waals surface area (Å²) in [6.07, 6.45) is 2.31. The molecule has 0 unspecified atom stereocenters. The second-order valence-electron chi connectivity index (χ2n) is 9.38. The first-order valence-electron chi connectivity index (χ1n) is 12.0. The largest absolute Gasteiger partial charge is 0.330 e. The minimum absolute atomic E-state index is 0.138. The van der Waals surface area contributed by atoms with Gasteiger partial charge in [0.05, 0.1) is 17.5 Å². The van der Waals surface area contributed by atoms with Gasteiger partial charge in [0.2, 0.25) is 15.9 Å². The molecule has 1 aromatic heterocycles. The van der Waals surface area contributed by atoms with Crippen LogP contribution in [0.3, 0.4) is 0 Å². The Morgan fingerprint density at radius 1 is 1.00 bits per heavy atom. The summed E-state index contributed by atoms with van der Waals surface area (Å²) < 4.78 is 28.9. The Hall–Kier alpha value is -2.71. The van der Waals surface area contributed by atoms with E-state index in [0.717, 1.165) is 41.2 Å². The van der Waals surface area contributed by atoms with E-state index in [-0.39, 0.29) is 29.4 Å². The van der Waals surface area contributed by atoms with E-state index in [1.807, 2.05) is 59.5 Å². The van der Waals surface area contributed by atoms with Gasteiger partial charge in [0.15, 0.2) is 0 Å². The molecule has 1 atom stereocenters. The van der Waals surface area contributed by atoms with Gasteiger partial charge in [-0.25, -0.2) is 8.42 Å². The van der Waals surface area contributed by atoms with Crippen molar-refractivity contribution in [1.29, 1.82) is 0 Å². The van der Waals surface area contributed by atoms with Gasteiger partial charge in [-0.2, -0.15) is 4.31 Å². The number of thiophene rings is 1. The fourth-order valence-electron chi connectivity index (χ4n) is 5.05. The van der Waals surface area contributed by atoms with Crippen LogP contribution in [-0.4, -0.2) is 42.7 Å². The summed E-state index contributed by atoms with van der Waals surface area (Å²) >= 11 is 7.83. The Morgan fingerprint density at radius 3 is 2.50 bits per heavy atom. The Kier molecular flexibility index (Phi) is 6.12. The molecular weight excluding hydrogens is 512 g/mol. The number of fused-ring (bicyclic) bond motifs is 2. The van der Waals surface area contributed by atoms with Crippen molar-refractivity contribution in [2.24, 2.45) is 0 Å². The first-order valence-corrected chi connectivity index (χ1v) is 14.7. The van der Waals surface area contributed by atoms with Crippen LogP contribution in [0.25, 0.3) is 10.8 Å². The molecule has 2 heterocycles. The quantitative estimate of drug-likeness (QED) is 0.309. The van der Waals surface area contributed by atoms with Crippen LogP contribution in [0.4, 0.5) is 0 Å². The SMILES string of the molecule is O=C(CN(C1CC1)S(=O)(=O)c1ccc2ccccc2c1)N1CCc2sccc2[C@@H]1c1ccc(Cl)cc1. The molecule has 4 aromatic rings. The molecule has 1 saturated carbocycles. The standard InChI is InChI=1S/C28H25ClN2O3S2/c29-22-8-5-20(6-9-22)28-25-14-16-35-26(25)13-15-30(28)27(32)18-31(23-10-11-23)36(33,34)24-12-7-19-3-1-2-4-21(19)17-24/h1-9,12,14,16-17,23,28H,10-11,13,15,18H2/t28-/m0/s1. The fraction of sp³-hybridized carbons (Fsp3) is 0.250. The number of sulfonamides is 1. The van der Waals surface area contributed by atoms with Gasteiger partial charge in [-0.3, -0.25) is 4.79 Å². The normalized spacial score (nSPS) is 17.9. The van der Waals surface area contributed by atoms with E-state index in [9.17, 15) is 13.2 Å². The third-order valence-electron chi connectivity index (χ3n) is 7.04. The summed E-state index contributed by atoms with van der Waals surface area (Å²) in [6.45, 7) is 0.386. The maximum atomic E-state index is 13.8. The van der Waals surface area contributed by atoms with E-state index in [4.69, 9.17) is 11.6 Å². The lowest BCUT2D eigenvalue weighted by atomic mass is 9.93. The molecule has 0 radical (unpaired) electrons. The summed E-state index contributed by atoms with van der Waals surface area (Å²) in [7, 11) is -3.83. The van der Waals surface area contributed by atoms with Gasteiger partial charge in [0.1, 0.15) is 0 Å². The average Bonchev–Trinajstić information content (AvgIpc) is 3.62. The van der Waals surface area contributed by atoms with Gasteiger partial charge in [0.25, 0.3) is 0 Å². The highest BCUT2D eigenvalue weighted by Gasteiger charge is 2.42. The molecule has 0 bridgehead atoms. The number of benzene rings is 3. The van der Waals surface area contributed by atoms with E-state index >= 15 is 0 Å². The minimum atomic E-state index is -3.83. The summed E-state index contributed by atoms with van der Waals surface area (Å²) in [6, 6.07) is 22.1. The summed E-state index contributed by atoms with van der Waals surface area (Å²) in [5.41, 5.74) is 2.08. The minimum Gasteiger partial charge on any atom is -0.330 e. The van der Waals surface area contributed by atoms with Crippen LogP contribution < -0.4 is 0 Å². The zero-order chi connectivity index (χ0) is 24.9. The van der Waals surface area contributed by atoms with Gasteiger partial charge in [0, 0.05) is 22.5 Å². The van der Waals surface area contributed by atoms with Crippen molar-refractivity contribution in [2.45, 2.75) is 36.2 Å². The Labute approximate surface area is 220 Å². The van der Waals surface area contributed by atoms with Crippen molar-refractivity contribution < 1.29 is 13.2 Å². The highest BCUT2D eigenvalue weighted by atomic mass is 35.5. The highest BCUT2D eigenvalue weighted by molar-refractivity contribution is 7.89. The molecule has 1 aliphatic carbocycles. The van der Waals surface area contributed by atoms with E-state index in [1.54, 1.807) is 23.5 Å². The summed E-state index contributed by atoms with van der Waals surface area (Å²) in [4.78, 5) is 17.1. The third-order valence-corrected chi connectivity index (χ3v) is 10.2. The van der Waals surface area contributed by atoms with Crippen LogP contribution in [-0.2, 0) is 21.2 Å². The zero-order valence-corrected chi connectivity index (χ0v) is 21.9. The number of amides is 1. The van der Waals surface area contributed by atoms with Gasteiger partial charge in [-0.1, -0.05) is 54.1 Å². The Morgan fingerprint density at radius 2 is 1.75 bits per heavy atom. The van der Waals surface area contributed by atoms with Gasteiger partial charge in [-0.05, 0) is 76.9 Å². The van der Waals surface area contributed by atoms with Crippen LogP contribution >= 0.6 is 22.9 Å². The van der Waals surface area contributed by atoms with Gasteiger partial charge >= 0.3 is 0 Å². The van der Waals surface area contributed by atoms with Crippen molar-refractivity contribution in [3.05, 3.63) is 99.2 Å². The molecule has 1 fully saturated rings.